The first-order valence-corrected chi connectivity index (χ1v) is 5.47. The quantitative estimate of drug-likeness (QED) is 0.843. The maximum Gasteiger partial charge on any atom is 0.0679 e. The summed E-state index contributed by atoms with van der Waals surface area (Å²) < 4.78 is 1.98. The lowest BCUT2D eigenvalue weighted by atomic mass is 10.2. The fourth-order valence-electron chi connectivity index (χ4n) is 1.83. The van der Waals surface area contributed by atoms with Crippen LogP contribution in [0.5, 0.6) is 0 Å². The van der Waals surface area contributed by atoms with Crippen LogP contribution in [0.3, 0.4) is 0 Å². The van der Waals surface area contributed by atoms with Crippen molar-refractivity contribution < 1.29 is 0 Å². The van der Waals surface area contributed by atoms with E-state index in [-0.39, 0.29) is 0 Å². The van der Waals surface area contributed by atoms with Crippen molar-refractivity contribution in [3.8, 4) is 5.69 Å². The number of rotatable bonds is 4. The highest BCUT2D eigenvalue weighted by Gasteiger charge is 2.09. The zero-order valence-corrected chi connectivity index (χ0v) is 9.64. The molecule has 2 aromatic rings. The average Bonchev–Trinajstić information content (AvgIpc) is 2.73. The summed E-state index contributed by atoms with van der Waals surface area (Å²) in [6, 6.07) is 3.94. The molecule has 2 aromatic heterocycles. The van der Waals surface area contributed by atoms with Gasteiger partial charge in [0.2, 0.25) is 0 Å². The largest absolute Gasteiger partial charge is 0.316 e. The number of hydrogen-bond donors (Lipinski definition) is 1. The Morgan fingerprint density at radius 2 is 2.06 bits per heavy atom. The first-order chi connectivity index (χ1) is 7.86. The standard InChI is InChI=1S/C12H16N4/c1-3-12-10(8-13-2)9-15-16(12)11-4-6-14-7-5-11/h4-7,9,13H,3,8H2,1-2H3. The van der Waals surface area contributed by atoms with Crippen molar-refractivity contribution >= 4 is 0 Å². The van der Waals surface area contributed by atoms with Gasteiger partial charge in [-0.3, -0.25) is 4.98 Å². The van der Waals surface area contributed by atoms with Gasteiger partial charge >= 0.3 is 0 Å². The molecular formula is C12H16N4. The topological polar surface area (TPSA) is 42.7 Å². The predicted molar refractivity (Wildman–Crippen MR) is 63.5 cm³/mol. The van der Waals surface area contributed by atoms with Gasteiger partial charge in [-0.25, -0.2) is 4.68 Å². The monoisotopic (exact) mass is 216 g/mol. The Morgan fingerprint density at radius 3 is 2.69 bits per heavy atom. The smallest absolute Gasteiger partial charge is 0.0679 e. The number of aromatic nitrogens is 3. The second-order valence-corrected chi connectivity index (χ2v) is 3.62. The Labute approximate surface area is 95.3 Å². The van der Waals surface area contributed by atoms with E-state index in [4.69, 9.17) is 0 Å². The number of pyridine rings is 1. The predicted octanol–water partition coefficient (Wildman–Crippen LogP) is 1.55. The molecule has 0 aliphatic heterocycles. The van der Waals surface area contributed by atoms with Crippen molar-refractivity contribution in [3.05, 3.63) is 42.0 Å². The van der Waals surface area contributed by atoms with E-state index >= 15 is 0 Å². The second-order valence-electron chi connectivity index (χ2n) is 3.62. The van der Waals surface area contributed by atoms with Crippen molar-refractivity contribution in [3.63, 3.8) is 0 Å². The summed E-state index contributed by atoms with van der Waals surface area (Å²) in [5.41, 5.74) is 3.57. The summed E-state index contributed by atoms with van der Waals surface area (Å²) in [5.74, 6) is 0. The normalized spacial score (nSPS) is 10.6. The summed E-state index contributed by atoms with van der Waals surface area (Å²) in [6.07, 6.45) is 6.47. The van der Waals surface area contributed by atoms with Gasteiger partial charge in [0.25, 0.3) is 0 Å². The van der Waals surface area contributed by atoms with Crippen molar-refractivity contribution in [2.24, 2.45) is 0 Å². The Kier molecular flexibility index (Phi) is 3.31. The molecular weight excluding hydrogens is 200 g/mol. The van der Waals surface area contributed by atoms with E-state index in [1.54, 1.807) is 12.4 Å². The van der Waals surface area contributed by atoms with Crippen molar-refractivity contribution in [2.45, 2.75) is 19.9 Å². The van der Waals surface area contributed by atoms with Gasteiger partial charge in [-0.1, -0.05) is 6.92 Å². The fraction of sp³-hybridized carbons (Fsp3) is 0.333. The number of nitrogens with one attached hydrogen (secondary N) is 1. The summed E-state index contributed by atoms with van der Waals surface area (Å²) in [4.78, 5) is 4.02. The minimum atomic E-state index is 0.855. The Bertz CT molecular complexity index is 447. The maximum atomic E-state index is 4.42. The van der Waals surface area contributed by atoms with Crippen molar-refractivity contribution in [2.75, 3.05) is 7.05 Å². The van der Waals surface area contributed by atoms with E-state index in [2.05, 4.69) is 22.3 Å². The Morgan fingerprint density at radius 1 is 1.31 bits per heavy atom. The molecule has 0 unspecified atom stereocenters. The molecule has 0 amide bonds. The molecule has 16 heavy (non-hydrogen) atoms. The van der Waals surface area contributed by atoms with Crippen LogP contribution >= 0.6 is 0 Å². The summed E-state index contributed by atoms with van der Waals surface area (Å²) in [6.45, 7) is 3.00. The van der Waals surface area contributed by atoms with Crippen LogP contribution in [0.15, 0.2) is 30.7 Å². The summed E-state index contributed by atoms with van der Waals surface area (Å²) >= 11 is 0. The van der Waals surface area contributed by atoms with Gasteiger partial charge in [-0.2, -0.15) is 5.10 Å². The Hall–Kier alpha value is -1.68. The molecule has 0 aliphatic carbocycles. The van der Waals surface area contributed by atoms with E-state index in [1.165, 1.54) is 11.3 Å². The fourth-order valence-corrected chi connectivity index (χ4v) is 1.83. The molecule has 0 atom stereocenters. The van der Waals surface area contributed by atoms with Crippen LogP contribution in [-0.4, -0.2) is 21.8 Å². The van der Waals surface area contributed by atoms with Gasteiger partial charge in [0, 0.05) is 30.2 Å². The molecule has 0 radical (unpaired) electrons. The highest BCUT2D eigenvalue weighted by atomic mass is 15.3. The molecule has 2 heterocycles. The number of hydrogen-bond acceptors (Lipinski definition) is 3. The van der Waals surface area contributed by atoms with Gasteiger partial charge in [0.1, 0.15) is 0 Å². The maximum absolute atomic E-state index is 4.42. The van der Waals surface area contributed by atoms with Crippen LogP contribution < -0.4 is 5.32 Å². The Balaban J connectivity index is 2.42. The molecule has 0 saturated carbocycles. The van der Waals surface area contributed by atoms with E-state index in [0.717, 1.165) is 18.7 Å². The molecule has 0 bridgehead atoms. The van der Waals surface area contributed by atoms with Gasteiger partial charge in [-0.15, -0.1) is 0 Å². The number of nitrogens with zero attached hydrogens (tertiary/aromatic N) is 3. The molecule has 1 N–H and O–H groups in total. The zero-order valence-electron chi connectivity index (χ0n) is 9.64. The van der Waals surface area contributed by atoms with Crippen LogP contribution in [0.1, 0.15) is 18.2 Å². The van der Waals surface area contributed by atoms with Gasteiger partial charge < -0.3 is 5.32 Å². The molecule has 4 heteroatoms. The third-order valence-electron chi connectivity index (χ3n) is 2.56. The van der Waals surface area contributed by atoms with Gasteiger partial charge in [0.05, 0.1) is 11.9 Å². The minimum Gasteiger partial charge on any atom is -0.316 e. The van der Waals surface area contributed by atoms with Crippen LogP contribution in [0.25, 0.3) is 5.69 Å². The highest BCUT2D eigenvalue weighted by molar-refractivity contribution is 5.33. The third-order valence-corrected chi connectivity index (χ3v) is 2.56. The van der Waals surface area contributed by atoms with Gasteiger partial charge in [-0.05, 0) is 25.6 Å². The summed E-state index contributed by atoms with van der Waals surface area (Å²) in [5, 5.41) is 7.58. The SMILES string of the molecule is CCc1c(CNC)cnn1-c1ccncc1. The van der Waals surface area contributed by atoms with Crippen LogP contribution in [0.2, 0.25) is 0 Å². The molecule has 0 saturated heterocycles. The van der Waals surface area contributed by atoms with E-state index < -0.39 is 0 Å². The highest BCUT2D eigenvalue weighted by Crippen LogP contribution is 2.14. The zero-order chi connectivity index (χ0) is 11.4. The van der Waals surface area contributed by atoms with Crippen LogP contribution in [-0.2, 0) is 13.0 Å². The molecule has 84 valence electrons. The second kappa shape index (κ2) is 4.90. The molecule has 0 aromatic carbocycles. The van der Waals surface area contributed by atoms with Crippen LogP contribution in [0.4, 0.5) is 0 Å². The van der Waals surface area contributed by atoms with Crippen LogP contribution in [0, 0.1) is 0 Å². The molecule has 2 rings (SSSR count). The lowest BCUT2D eigenvalue weighted by molar-refractivity contribution is 0.779. The lowest BCUT2D eigenvalue weighted by Gasteiger charge is -2.07. The van der Waals surface area contributed by atoms with Gasteiger partial charge in [0.15, 0.2) is 0 Å². The molecule has 0 aliphatic rings. The molecule has 0 spiro atoms. The third kappa shape index (κ3) is 1.97. The molecule has 0 fully saturated rings. The van der Waals surface area contributed by atoms with E-state index in [0.29, 0.717) is 0 Å². The summed E-state index contributed by atoms with van der Waals surface area (Å²) in [7, 11) is 1.95. The lowest BCUT2D eigenvalue weighted by Crippen LogP contribution is -2.08. The minimum absolute atomic E-state index is 0.855. The van der Waals surface area contributed by atoms with E-state index in [9.17, 15) is 0 Å². The van der Waals surface area contributed by atoms with Crippen molar-refractivity contribution in [1.29, 1.82) is 0 Å². The average molecular weight is 216 g/mol. The van der Waals surface area contributed by atoms with E-state index in [1.807, 2.05) is 30.1 Å². The first-order valence-electron chi connectivity index (χ1n) is 5.47. The van der Waals surface area contributed by atoms with Crippen molar-refractivity contribution in [1.82, 2.24) is 20.1 Å². The first kappa shape index (κ1) is 10.8. The molecule has 4 nitrogen and oxygen atoms in total.